The van der Waals surface area contributed by atoms with Gasteiger partial charge in [-0.05, 0) is 12.1 Å². The molecule has 0 aliphatic carbocycles. The molecule has 1 amide bonds. The third-order valence-corrected chi connectivity index (χ3v) is 2.71. The van der Waals surface area contributed by atoms with Crippen LogP contribution in [0.15, 0.2) is 16.6 Å². The van der Waals surface area contributed by atoms with E-state index < -0.39 is 23.1 Å². The summed E-state index contributed by atoms with van der Waals surface area (Å²) in [4.78, 5) is 12.9. The van der Waals surface area contributed by atoms with Crippen LogP contribution >= 0.6 is 15.9 Å². The van der Waals surface area contributed by atoms with Crippen LogP contribution in [0, 0.1) is 11.6 Å². The average molecular weight is 324 g/mol. The van der Waals surface area contributed by atoms with Gasteiger partial charge in [0, 0.05) is 17.6 Å². The zero-order chi connectivity index (χ0) is 13.7. The molecule has 0 bridgehead atoms. The van der Waals surface area contributed by atoms with E-state index in [-0.39, 0.29) is 30.8 Å². The molecule has 4 nitrogen and oxygen atoms in total. The lowest BCUT2D eigenvalue weighted by molar-refractivity contribution is 0.0675. The fourth-order valence-corrected chi connectivity index (χ4v) is 1.86. The SMILES string of the molecule is O=C(c1c(F)cc(Br)cc1F)N(CCO)CCO. The second kappa shape index (κ2) is 6.77. The molecule has 0 aliphatic heterocycles. The van der Waals surface area contributed by atoms with Crippen LogP contribution < -0.4 is 0 Å². The van der Waals surface area contributed by atoms with Crippen molar-refractivity contribution < 1.29 is 23.8 Å². The third kappa shape index (κ3) is 3.47. The minimum atomic E-state index is -0.993. The van der Waals surface area contributed by atoms with Gasteiger partial charge in [-0.1, -0.05) is 15.9 Å². The Hall–Kier alpha value is -1.05. The van der Waals surface area contributed by atoms with Crippen molar-refractivity contribution in [3.05, 3.63) is 33.8 Å². The Morgan fingerprint density at radius 2 is 1.61 bits per heavy atom. The lowest BCUT2D eigenvalue weighted by Crippen LogP contribution is -2.36. The maximum absolute atomic E-state index is 13.6. The number of hydrogen-bond acceptors (Lipinski definition) is 3. The van der Waals surface area contributed by atoms with Crippen LogP contribution in [0.1, 0.15) is 10.4 Å². The number of nitrogens with zero attached hydrogens (tertiary/aromatic N) is 1. The van der Waals surface area contributed by atoms with E-state index in [4.69, 9.17) is 10.2 Å². The molecule has 7 heteroatoms. The smallest absolute Gasteiger partial charge is 0.259 e. The van der Waals surface area contributed by atoms with Crippen molar-refractivity contribution in [2.75, 3.05) is 26.3 Å². The summed E-state index contributed by atoms with van der Waals surface area (Å²) < 4.78 is 27.3. The number of carbonyl (C=O) groups is 1. The van der Waals surface area contributed by atoms with Gasteiger partial charge in [0.05, 0.1) is 13.2 Å². The Kier molecular flexibility index (Phi) is 5.64. The van der Waals surface area contributed by atoms with Gasteiger partial charge in [0.15, 0.2) is 0 Å². The summed E-state index contributed by atoms with van der Waals surface area (Å²) in [6.07, 6.45) is 0. The molecule has 0 radical (unpaired) electrons. The highest BCUT2D eigenvalue weighted by molar-refractivity contribution is 9.10. The largest absolute Gasteiger partial charge is 0.395 e. The van der Waals surface area contributed by atoms with Crippen LogP contribution in [0.4, 0.5) is 8.78 Å². The Morgan fingerprint density at radius 1 is 1.17 bits per heavy atom. The Labute approximate surface area is 111 Å². The summed E-state index contributed by atoms with van der Waals surface area (Å²) in [5, 5.41) is 17.5. The summed E-state index contributed by atoms with van der Waals surface area (Å²) in [6.45, 7) is -0.917. The number of hydrogen-bond donors (Lipinski definition) is 2. The first-order chi connectivity index (χ1) is 8.51. The maximum atomic E-state index is 13.6. The monoisotopic (exact) mass is 323 g/mol. The molecule has 2 N–H and O–H groups in total. The van der Waals surface area contributed by atoms with Crippen molar-refractivity contribution in [1.29, 1.82) is 0 Å². The molecule has 1 aromatic carbocycles. The van der Waals surface area contributed by atoms with Crippen LogP contribution in [0.25, 0.3) is 0 Å². The molecule has 0 aliphatic rings. The van der Waals surface area contributed by atoms with Crippen LogP contribution in [0.2, 0.25) is 0 Å². The molecule has 1 aromatic rings. The first-order valence-electron chi connectivity index (χ1n) is 5.16. The Morgan fingerprint density at radius 3 is 2.00 bits per heavy atom. The zero-order valence-electron chi connectivity index (χ0n) is 9.37. The predicted molar refractivity (Wildman–Crippen MR) is 64.1 cm³/mol. The third-order valence-electron chi connectivity index (χ3n) is 2.25. The van der Waals surface area contributed by atoms with Gasteiger partial charge in [0.25, 0.3) is 5.91 Å². The average Bonchev–Trinajstić information content (AvgIpc) is 2.27. The molecule has 0 saturated heterocycles. The van der Waals surface area contributed by atoms with Gasteiger partial charge < -0.3 is 15.1 Å². The molecular weight excluding hydrogens is 312 g/mol. The fraction of sp³-hybridized carbons (Fsp3) is 0.364. The van der Waals surface area contributed by atoms with Crippen LogP contribution in [-0.2, 0) is 0 Å². The van der Waals surface area contributed by atoms with E-state index >= 15 is 0 Å². The maximum Gasteiger partial charge on any atom is 0.259 e. The summed E-state index contributed by atoms with van der Waals surface area (Å²) >= 11 is 2.91. The van der Waals surface area contributed by atoms with Crippen LogP contribution in [-0.4, -0.2) is 47.3 Å². The van der Waals surface area contributed by atoms with Gasteiger partial charge in [-0.2, -0.15) is 0 Å². The van der Waals surface area contributed by atoms with E-state index in [1.807, 2.05) is 0 Å². The lowest BCUT2D eigenvalue weighted by Gasteiger charge is -2.21. The first-order valence-corrected chi connectivity index (χ1v) is 5.96. The second-order valence-corrected chi connectivity index (χ2v) is 4.40. The van der Waals surface area contributed by atoms with E-state index in [1.54, 1.807) is 0 Å². The zero-order valence-corrected chi connectivity index (χ0v) is 11.0. The first kappa shape index (κ1) is 15.0. The number of aliphatic hydroxyl groups is 2. The molecule has 1 rings (SSSR count). The van der Waals surface area contributed by atoms with Gasteiger partial charge in [0.1, 0.15) is 17.2 Å². The lowest BCUT2D eigenvalue weighted by atomic mass is 10.1. The fourth-order valence-electron chi connectivity index (χ4n) is 1.46. The molecule has 0 heterocycles. The number of benzene rings is 1. The molecular formula is C11H12BrF2NO3. The van der Waals surface area contributed by atoms with Crippen LogP contribution in [0.3, 0.4) is 0 Å². The molecule has 0 fully saturated rings. The van der Waals surface area contributed by atoms with E-state index in [2.05, 4.69) is 15.9 Å². The van der Waals surface area contributed by atoms with Crippen molar-refractivity contribution in [2.24, 2.45) is 0 Å². The van der Waals surface area contributed by atoms with Crippen molar-refractivity contribution in [1.82, 2.24) is 4.90 Å². The highest BCUT2D eigenvalue weighted by Gasteiger charge is 2.23. The van der Waals surface area contributed by atoms with E-state index in [9.17, 15) is 13.6 Å². The molecule has 0 atom stereocenters. The van der Waals surface area contributed by atoms with E-state index in [1.165, 1.54) is 0 Å². The molecule has 0 aromatic heterocycles. The molecule has 0 saturated carbocycles. The number of aliphatic hydroxyl groups excluding tert-OH is 2. The van der Waals surface area contributed by atoms with Crippen molar-refractivity contribution in [3.8, 4) is 0 Å². The second-order valence-electron chi connectivity index (χ2n) is 3.48. The van der Waals surface area contributed by atoms with Crippen molar-refractivity contribution in [2.45, 2.75) is 0 Å². The van der Waals surface area contributed by atoms with E-state index in [0.29, 0.717) is 0 Å². The normalized spacial score (nSPS) is 10.5. The topological polar surface area (TPSA) is 60.8 Å². The van der Waals surface area contributed by atoms with Gasteiger partial charge in [0.2, 0.25) is 0 Å². The highest BCUT2D eigenvalue weighted by atomic mass is 79.9. The van der Waals surface area contributed by atoms with Crippen LogP contribution in [0.5, 0.6) is 0 Å². The summed E-state index contributed by atoms with van der Waals surface area (Å²) in [7, 11) is 0. The van der Waals surface area contributed by atoms with Gasteiger partial charge >= 0.3 is 0 Å². The predicted octanol–water partition coefficient (Wildman–Crippen LogP) is 1.15. The Balaban J connectivity index is 3.08. The summed E-state index contributed by atoms with van der Waals surface area (Å²) in [6, 6.07) is 1.96. The van der Waals surface area contributed by atoms with E-state index in [0.717, 1.165) is 17.0 Å². The molecule has 100 valence electrons. The van der Waals surface area contributed by atoms with Crippen molar-refractivity contribution in [3.63, 3.8) is 0 Å². The number of carbonyl (C=O) groups excluding carboxylic acids is 1. The standard InChI is InChI=1S/C11H12BrF2NO3/c12-7-5-8(13)10(9(14)6-7)11(18)15(1-3-16)2-4-17/h5-6,16-17H,1-4H2. The number of rotatable bonds is 5. The molecule has 18 heavy (non-hydrogen) atoms. The van der Waals surface area contributed by atoms with Gasteiger partial charge in [-0.25, -0.2) is 8.78 Å². The summed E-state index contributed by atoms with van der Waals surface area (Å²) in [5.41, 5.74) is -0.694. The minimum Gasteiger partial charge on any atom is -0.395 e. The molecule has 0 spiro atoms. The van der Waals surface area contributed by atoms with Crippen molar-refractivity contribution >= 4 is 21.8 Å². The summed E-state index contributed by atoms with van der Waals surface area (Å²) in [5.74, 6) is -2.89. The van der Waals surface area contributed by atoms with Gasteiger partial charge in [-0.3, -0.25) is 4.79 Å². The Bertz CT molecular complexity index is 413. The van der Waals surface area contributed by atoms with Gasteiger partial charge in [-0.15, -0.1) is 0 Å². The number of halogens is 3. The highest BCUT2D eigenvalue weighted by Crippen LogP contribution is 2.20. The minimum absolute atomic E-state index is 0.103. The molecule has 0 unspecified atom stereocenters. The number of amides is 1. The quantitative estimate of drug-likeness (QED) is 0.854.